The van der Waals surface area contributed by atoms with E-state index in [-0.39, 0.29) is 10.9 Å². The molecule has 0 saturated heterocycles. The highest BCUT2D eigenvalue weighted by molar-refractivity contribution is 7.90. The number of benzene rings is 1. The molecule has 6 nitrogen and oxygen atoms in total. The van der Waals surface area contributed by atoms with Gasteiger partial charge in [0.1, 0.15) is 5.75 Å². The number of sulfonamides is 1. The largest absolute Gasteiger partial charge is 0.496 e. The second kappa shape index (κ2) is 7.49. The van der Waals surface area contributed by atoms with Crippen LogP contribution in [-0.4, -0.2) is 28.0 Å². The van der Waals surface area contributed by atoms with E-state index in [9.17, 15) is 8.42 Å². The molecule has 7 heteroatoms. The van der Waals surface area contributed by atoms with Gasteiger partial charge in [-0.15, -0.1) is 0 Å². The zero-order chi connectivity index (χ0) is 16.9. The quantitative estimate of drug-likeness (QED) is 0.475. The zero-order valence-electron chi connectivity index (χ0n) is 13.9. The van der Waals surface area contributed by atoms with E-state index in [4.69, 9.17) is 10.5 Å². The minimum absolute atomic E-state index is 0.0827. The van der Waals surface area contributed by atoms with Crippen LogP contribution in [0.2, 0.25) is 0 Å². The molecule has 22 heavy (non-hydrogen) atoms. The van der Waals surface area contributed by atoms with E-state index in [0.29, 0.717) is 23.4 Å². The van der Waals surface area contributed by atoms with Crippen LogP contribution < -0.4 is 15.2 Å². The van der Waals surface area contributed by atoms with Gasteiger partial charge in [0.15, 0.2) is 0 Å². The summed E-state index contributed by atoms with van der Waals surface area (Å²) in [6, 6.07) is 1.71. The highest BCUT2D eigenvalue weighted by Gasteiger charge is 2.23. The molecule has 0 atom stereocenters. The van der Waals surface area contributed by atoms with Crippen LogP contribution in [0.1, 0.15) is 36.5 Å². The summed E-state index contributed by atoms with van der Waals surface area (Å²) in [7, 11) is -2.21. The van der Waals surface area contributed by atoms with Crippen molar-refractivity contribution in [1.29, 1.82) is 0 Å². The van der Waals surface area contributed by atoms with Gasteiger partial charge < -0.3 is 10.5 Å². The van der Waals surface area contributed by atoms with E-state index in [1.54, 1.807) is 27.0 Å². The molecule has 0 bridgehead atoms. The van der Waals surface area contributed by atoms with Crippen molar-refractivity contribution in [2.75, 3.05) is 13.7 Å². The number of unbranched alkanes of at least 4 members (excludes halogenated alkanes) is 1. The predicted octanol–water partition coefficient (Wildman–Crippen LogP) is 2.01. The topological polar surface area (TPSA) is 93.8 Å². The first-order valence-electron chi connectivity index (χ1n) is 7.22. The Morgan fingerprint density at radius 3 is 2.50 bits per heavy atom. The molecule has 0 aliphatic heterocycles. The fourth-order valence-electron chi connectivity index (χ4n) is 2.23. The first-order valence-corrected chi connectivity index (χ1v) is 8.70. The summed E-state index contributed by atoms with van der Waals surface area (Å²) in [5.74, 6) is 0.583. The van der Waals surface area contributed by atoms with Gasteiger partial charge in [0.2, 0.25) is 5.96 Å². The number of ether oxygens (including phenoxy) is 1. The van der Waals surface area contributed by atoms with Crippen LogP contribution in [0, 0.1) is 20.8 Å². The molecule has 1 rings (SSSR count). The van der Waals surface area contributed by atoms with Gasteiger partial charge in [-0.2, -0.15) is 0 Å². The van der Waals surface area contributed by atoms with Crippen molar-refractivity contribution >= 4 is 16.0 Å². The molecule has 0 aliphatic rings. The first kappa shape index (κ1) is 18.3. The summed E-state index contributed by atoms with van der Waals surface area (Å²) in [5, 5.41) is 0. The fourth-order valence-corrected chi connectivity index (χ4v) is 3.71. The van der Waals surface area contributed by atoms with E-state index in [1.807, 2.05) is 13.8 Å². The van der Waals surface area contributed by atoms with Crippen molar-refractivity contribution in [2.24, 2.45) is 10.7 Å². The maximum Gasteiger partial charge on any atom is 0.264 e. The smallest absolute Gasteiger partial charge is 0.264 e. The molecule has 1 aromatic carbocycles. The number of nitrogens with zero attached hydrogens (tertiary/aromatic N) is 1. The second-order valence-electron chi connectivity index (χ2n) is 5.20. The summed E-state index contributed by atoms with van der Waals surface area (Å²) >= 11 is 0. The normalized spacial score (nSPS) is 12.3. The Labute approximate surface area is 132 Å². The standard InChI is InChI=1S/C15H25N3O3S/c1-6-7-8-17-15(16)18-22(19,20)14-10(2)9-13(21-5)11(3)12(14)4/h9H,6-8H2,1-5H3,(H3,16,17,18). The Hall–Kier alpha value is -1.76. The van der Waals surface area contributed by atoms with Gasteiger partial charge in [-0.1, -0.05) is 13.3 Å². The molecule has 0 fully saturated rings. The maximum absolute atomic E-state index is 12.6. The molecular formula is C15H25N3O3S. The van der Waals surface area contributed by atoms with Crippen LogP contribution in [0.25, 0.3) is 0 Å². The lowest BCUT2D eigenvalue weighted by atomic mass is 10.1. The summed E-state index contributed by atoms with van der Waals surface area (Å²) in [6.45, 7) is 7.84. The van der Waals surface area contributed by atoms with Crippen LogP contribution in [0.4, 0.5) is 0 Å². The molecule has 0 aliphatic carbocycles. The Kier molecular flexibility index (Phi) is 6.22. The van der Waals surface area contributed by atoms with E-state index in [0.717, 1.165) is 18.4 Å². The van der Waals surface area contributed by atoms with E-state index in [1.165, 1.54) is 0 Å². The number of aliphatic imine (C=N–C) groups is 1. The third kappa shape index (κ3) is 4.13. The number of nitrogens with two attached hydrogens (primary N) is 1. The van der Waals surface area contributed by atoms with Gasteiger partial charge in [-0.05, 0) is 49.9 Å². The molecule has 3 N–H and O–H groups in total. The Morgan fingerprint density at radius 1 is 1.32 bits per heavy atom. The van der Waals surface area contributed by atoms with Crippen LogP contribution in [0.3, 0.4) is 0 Å². The zero-order valence-corrected chi connectivity index (χ0v) is 14.7. The van der Waals surface area contributed by atoms with E-state index >= 15 is 0 Å². The molecule has 0 heterocycles. The van der Waals surface area contributed by atoms with Crippen LogP contribution in [0.15, 0.2) is 16.0 Å². The van der Waals surface area contributed by atoms with Crippen molar-refractivity contribution in [3.63, 3.8) is 0 Å². The molecule has 0 saturated carbocycles. The van der Waals surface area contributed by atoms with Crippen molar-refractivity contribution in [3.8, 4) is 5.75 Å². The van der Waals surface area contributed by atoms with Crippen LogP contribution in [0.5, 0.6) is 5.75 Å². The molecule has 1 aromatic rings. The summed E-state index contributed by atoms with van der Waals surface area (Å²) in [4.78, 5) is 4.24. The lowest BCUT2D eigenvalue weighted by Gasteiger charge is -2.16. The van der Waals surface area contributed by atoms with Gasteiger partial charge in [0, 0.05) is 6.54 Å². The summed E-state index contributed by atoms with van der Waals surface area (Å²) in [5.41, 5.74) is 7.70. The van der Waals surface area contributed by atoms with Crippen molar-refractivity contribution in [3.05, 3.63) is 22.8 Å². The third-order valence-electron chi connectivity index (χ3n) is 3.50. The average molecular weight is 327 g/mol. The van der Waals surface area contributed by atoms with Gasteiger partial charge in [-0.25, -0.2) is 13.1 Å². The first-order chi connectivity index (χ1) is 10.2. The highest BCUT2D eigenvalue weighted by atomic mass is 32.2. The van der Waals surface area contributed by atoms with Crippen LogP contribution in [-0.2, 0) is 10.0 Å². The van der Waals surface area contributed by atoms with Gasteiger partial charge >= 0.3 is 0 Å². The molecule has 124 valence electrons. The third-order valence-corrected chi connectivity index (χ3v) is 5.14. The number of guanidine groups is 1. The number of aryl methyl sites for hydroxylation is 1. The molecule has 0 amide bonds. The Morgan fingerprint density at radius 2 is 1.95 bits per heavy atom. The maximum atomic E-state index is 12.6. The lowest BCUT2D eigenvalue weighted by Crippen LogP contribution is -2.37. The molecule has 0 aromatic heterocycles. The monoisotopic (exact) mass is 327 g/mol. The Bertz CT molecular complexity index is 667. The minimum atomic E-state index is -3.77. The number of rotatable bonds is 6. The molecule has 0 unspecified atom stereocenters. The van der Waals surface area contributed by atoms with Crippen molar-refractivity contribution in [1.82, 2.24) is 4.72 Å². The number of methoxy groups -OCH3 is 1. The molecule has 0 radical (unpaired) electrons. The lowest BCUT2D eigenvalue weighted by molar-refractivity contribution is 0.410. The van der Waals surface area contributed by atoms with Crippen molar-refractivity contribution < 1.29 is 13.2 Å². The highest BCUT2D eigenvalue weighted by Crippen LogP contribution is 2.30. The SMILES string of the molecule is CCCCN=C(N)NS(=O)(=O)c1c(C)cc(OC)c(C)c1C. The summed E-state index contributed by atoms with van der Waals surface area (Å²) in [6.07, 6.45) is 1.83. The number of hydrogen-bond acceptors (Lipinski definition) is 4. The van der Waals surface area contributed by atoms with E-state index in [2.05, 4.69) is 9.71 Å². The predicted molar refractivity (Wildman–Crippen MR) is 88.9 cm³/mol. The van der Waals surface area contributed by atoms with Crippen molar-refractivity contribution in [2.45, 2.75) is 45.4 Å². The van der Waals surface area contributed by atoms with Gasteiger partial charge in [0.05, 0.1) is 12.0 Å². The number of nitrogens with one attached hydrogen (secondary N) is 1. The number of hydrogen-bond donors (Lipinski definition) is 2. The Balaban J connectivity index is 3.19. The molecular weight excluding hydrogens is 302 g/mol. The summed E-state index contributed by atoms with van der Waals surface area (Å²) < 4.78 is 32.7. The van der Waals surface area contributed by atoms with Crippen LogP contribution >= 0.6 is 0 Å². The van der Waals surface area contributed by atoms with Gasteiger partial charge in [-0.3, -0.25) is 4.99 Å². The van der Waals surface area contributed by atoms with Gasteiger partial charge in [0.25, 0.3) is 10.0 Å². The van der Waals surface area contributed by atoms with E-state index < -0.39 is 10.0 Å². The average Bonchev–Trinajstić information content (AvgIpc) is 2.42. The second-order valence-corrected chi connectivity index (χ2v) is 6.82. The fraction of sp³-hybridized carbons (Fsp3) is 0.533. The minimum Gasteiger partial charge on any atom is -0.496 e. The molecule has 0 spiro atoms.